The van der Waals surface area contributed by atoms with Crippen molar-refractivity contribution in [3.05, 3.63) is 69.2 Å². The fourth-order valence-electron chi connectivity index (χ4n) is 3.13. The minimum Gasteiger partial charge on any atom is -0.369 e. The summed E-state index contributed by atoms with van der Waals surface area (Å²) >= 11 is 5.94. The molecule has 2 aromatic carbocycles. The van der Waals surface area contributed by atoms with Gasteiger partial charge in [0.1, 0.15) is 0 Å². The van der Waals surface area contributed by atoms with Gasteiger partial charge in [0.15, 0.2) is 0 Å². The molecule has 0 spiro atoms. The molecule has 0 aliphatic carbocycles. The van der Waals surface area contributed by atoms with Gasteiger partial charge in [0.2, 0.25) is 0 Å². The van der Waals surface area contributed by atoms with Crippen molar-refractivity contribution >= 4 is 23.0 Å². The first kappa shape index (κ1) is 16.7. The lowest BCUT2D eigenvalue weighted by molar-refractivity contribution is -0.384. The third-order valence-corrected chi connectivity index (χ3v) is 4.87. The second-order valence-corrected chi connectivity index (χ2v) is 6.46. The lowest BCUT2D eigenvalue weighted by Crippen LogP contribution is -2.47. The number of hydrogen-bond donors (Lipinski definition) is 0. The van der Waals surface area contributed by atoms with Crippen molar-refractivity contribution < 1.29 is 4.92 Å². The highest BCUT2D eigenvalue weighted by atomic mass is 35.5. The van der Waals surface area contributed by atoms with Gasteiger partial charge >= 0.3 is 0 Å². The molecule has 24 heavy (non-hydrogen) atoms. The Kier molecular flexibility index (Phi) is 5.02. The summed E-state index contributed by atoms with van der Waals surface area (Å²) < 4.78 is 0. The van der Waals surface area contributed by atoms with Crippen LogP contribution < -0.4 is 4.90 Å². The van der Waals surface area contributed by atoms with E-state index in [1.54, 1.807) is 12.1 Å². The van der Waals surface area contributed by atoms with Crippen LogP contribution in [0.5, 0.6) is 0 Å². The Morgan fingerprint density at radius 3 is 2.38 bits per heavy atom. The highest BCUT2D eigenvalue weighted by Crippen LogP contribution is 2.26. The molecule has 1 aliphatic rings. The fourth-order valence-corrected chi connectivity index (χ4v) is 3.25. The van der Waals surface area contributed by atoms with Crippen LogP contribution in [0.1, 0.15) is 18.5 Å². The van der Waals surface area contributed by atoms with Crippen molar-refractivity contribution in [3.8, 4) is 0 Å². The van der Waals surface area contributed by atoms with Crippen molar-refractivity contribution in [2.45, 2.75) is 13.0 Å². The highest BCUT2D eigenvalue weighted by molar-refractivity contribution is 6.30. The number of piperazine rings is 1. The van der Waals surface area contributed by atoms with Crippen molar-refractivity contribution in [2.75, 3.05) is 31.1 Å². The monoisotopic (exact) mass is 345 g/mol. The van der Waals surface area contributed by atoms with E-state index in [1.165, 1.54) is 11.8 Å². The van der Waals surface area contributed by atoms with Crippen LogP contribution in [0.25, 0.3) is 0 Å². The predicted octanol–water partition coefficient (Wildman–Crippen LogP) is 4.13. The normalized spacial score (nSPS) is 16.8. The molecule has 1 heterocycles. The first-order chi connectivity index (χ1) is 11.5. The van der Waals surface area contributed by atoms with Gasteiger partial charge in [-0.05, 0) is 36.8 Å². The van der Waals surface area contributed by atoms with E-state index >= 15 is 0 Å². The number of hydrogen-bond acceptors (Lipinski definition) is 4. The molecule has 2 aromatic rings. The summed E-state index contributed by atoms with van der Waals surface area (Å²) in [5.41, 5.74) is 2.32. The zero-order valence-electron chi connectivity index (χ0n) is 13.6. The molecular formula is C18H20ClN3O2. The van der Waals surface area contributed by atoms with Gasteiger partial charge in [-0.3, -0.25) is 15.0 Å². The number of non-ortho nitro benzene ring substituents is 1. The second-order valence-electron chi connectivity index (χ2n) is 6.03. The minimum absolute atomic E-state index is 0.152. The molecule has 1 aliphatic heterocycles. The first-order valence-electron chi connectivity index (χ1n) is 8.03. The van der Waals surface area contributed by atoms with E-state index in [2.05, 4.69) is 16.7 Å². The number of halogens is 1. The van der Waals surface area contributed by atoms with E-state index in [0.717, 1.165) is 36.8 Å². The van der Waals surface area contributed by atoms with Crippen LogP contribution in [0.4, 0.5) is 11.4 Å². The summed E-state index contributed by atoms with van der Waals surface area (Å²) in [6, 6.07) is 15.0. The maximum atomic E-state index is 11.0. The lowest BCUT2D eigenvalue weighted by atomic mass is 10.1. The Hall–Kier alpha value is -2.11. The van der Waals surface area contributed by atoms with Crippen LogP contribution in [0, 0.1) is 10.1 Å². The van der Waals surface area contributed by atoms with Crippen LogP contribution in [0.15, 0.2) is 48.5 Å². The molecule has 1 saturated heterocycles. The third kappa shape index (κ3) is 3.68. The van der Waals surface area contributed by atoms with Gasteiger partial charge in [-0.15, -0.1) is 0 Å². The maximum Gasteiger partial charge on any atom is 0.269 e. The molecule has 0 bridgehead atoms. The Balaban J connectivity index is 1.64. The molecule has 0 N–H and O–H groups in total. The van der Waals surface area contributed by atoms with E-state index in [0.29, 0.717) is 0 Å². The zero-order valence-corrected chi connectivity index (χ0v) is 14.3. The van der Waals surface area contributed by atoms with E-state index < -0.39 is 0 Å². The molecule has 1 fully saturated rings. The Morgan fingerprint density at radius 1 is 1.08 bits per heavy atom. The molecule has 126 valence electrons. The molecular weight excluding hydrogens is 326 g/mol. The van der Waals surface area contributed by atoms with Crippen molar-refractivity contribution in [1.82, 2.24) is 4.90 Å². The number of benzene rings is 2. The molecule has 0 saturated carbocycles. The standard InChI is InChI=1S/C18H20ClN3O2/c1-14(15-3-2-4-18(13-15)22(23)24)20-9-11-21(12-10-20)17-7-5-16(19)6-8-17/h2-8,13-14H,9-12H2,1H3. The average molecular weight is 346 g/mol. The number of nitro benzene ring substituents is 1. The molecule has 6 heteroatoms. The Bertz CT molecular complexity index is 712. The summed E-state index contributed by atoms with van der Waals surface area (Å²) in [5.74, 6) is 0. The summed E-state index contributed by atoms with van der Waals surface area (Å²) in [7, 11) is 0. The van der Waals surface area contributed by atoms with Gasteiger partial charge in [-0.2, -0.15) is 0 Å². The summed E-state index contributed by atoms with van der Waals surface area (Å²) in [4.78, 5) is 15.3. The molecule has 1 atom stereocenters. The number of nitrogens with zero attached hydrogens (tertiary/aromatic N) is 3. The van der Waals surface area contributed by atoms with Gasteiger partial charge < -0.3 is 4.90 Å². The highest BCUT2D eigenvalue weighted by Gasteiger charge is 2.23. The average Bonchev–Trinajstić information content (AvgIpc) is 2.62. The van der Waals surface area contributed by atoms with Gasteiger partial charge in [0, 0.05) is 55.1 Å². The molecule has 0 radical (unpaired) electrons. The quantitative estimate of drug-likeness (QED) is 0.617. The second kappa shape index (κ2) is 7.20. The molecule has 5 nitrogen and oxygen atoms in total. The lowest BCUT2D eigenvalue weighted by Gasteiger charge is -2.39. The van der Waals surface area contributed by atoms with E-state index in [4.69, 9.17) is 11.6 Å². The fraction of sp³-hybridized carbons (Fsp3) is 0.333. The van der Waals surface area contributed by atoms with Crippen LogP contribution >= 0.6 is 11.6 Å². The largest absolute Gasteiger partial charge is 0.369 e. The maximum absolute atomic E-state index is 11.0. The minimum atomic E-state index is -0.339. The van der Waals surface area contributed by atoms with Crippen molar-refractivity contribution in [1.29, 1.82) is 0 Å². The summed E-state index contributed by atoms with van der Waals surface area (Å²) in [6.45, 7) is 5.82. The van der Waals surface area contributed by atoms with Crippen molar-refractivity contribution in [2.24, 2.45) is 0 Å². The summed E-state index contributed by atoms with van der Waals surface area (Å²) in [6.07, 6.45) is 0. The van der Waals surface area contributed by atoms with E-state index in [1.807, 2.05) is 30.3 Å². The number of nitro groups is 1. The third-order valence-electron chi connectivity index (χ3n) is 4.62. The molecule has 0 amide bonds. The van der Waals surface area contributed by atoms with E-state index in [9.17, 15) is 10.1 Å². The Labute approximate surface area is 146 Å². The van der Waals surface area contributed by atoms with Crippen LogP contribution in [-0.4, -0.2) is 36.0 Å². The number of anilines is 1. The van der Waals surface area contributed by atoms with Gasteiger partial charge in [-0.25, -0.2) is 0 Å². The van der Waals surface area contributed by atoms with Gasteiger partial charge in [-0.1, -0.05) is 23.7 Å². The predicted molar refractivity (Wildman–Crippen MR) is 96.7 cm³/mol. The first-order valence-corrected chi connectivity index (χ1v) is 8.41. The van der Waals surface area contributed by atoms with E-state index in [-0.39, 0.29) is 16.7 Å². The topological polar surface area (TPSA) is 49.6 Å². The molecule has 0 aromatic heterocycles. The SMILES string of the molecule is CC(c1cccc([N+](=O)[O-])c1)N1CCN(c2ccc(Cl)cc2)CC1. The van der Waals surface area contributed by atoms with Gasteiger partial charge in [0.05, 0.1) is 4.92 Å². The van der Waals surface area contributed by atoms with Crippen LogP contribution in [-0.2, 0) is 0 Å². The molecule has 3 rings (SSSR count). The number of rotatable bonds is 4. The zero-order chi connectivity index (χ0) is 17.1. The van der Waals surface area contributed by atoms with Gasteiger partial charge in [0.25, 0.3) is 5.69 Å². The van der Waals surface area contributed by atoms with Crippen molar-refractivity contribution in [3.63, 3.8) is 0 Å². The van der Waals surface area contributed by atoms with Crippen LogP contribution in [0.2, 0.25) is 5.02 Å². The molecule has 1 unspecified atom stereocenters. The summed E-state index contributed by atoms with van der Waals surface area (Å²) in [5, 5.41) is 11.7. The Morgan fingerprint density at radius 2 is 1.75 bits per heavy atom. The smallest absolute Gasteiger partial charge is 0.269 e. The van der Waals surface area contributed by atoms with Crippen LogP contribution in [0.3, 0.4) is 0 Å².